The molecule has 1 aliphatic rings. The predicted molar refractivity (Wildman–Crippen MR) is 141 cm³/mol. The van der Waals surface area contributed by atoms with Gasteiger partial charge in [-0.2, -0.15) is 0 Å². The van der Waals surface area contributed by atoms with Gasteiger partial charge >= 0.3 is 0 Å². The van der Waals surface area contributed by atoms with Gasteiger partial charge in [0, 0.05) is 24.4 Å². The molecule has 3 heterocycles. The van der Waals surface area contributed by atoms with E-state index in [1.165, 1.54) is 14.2 Å². The number of ether oxygens (including phenoxy) is 2. The van der Waals surface area contributed by atoms with Crippen molar-refractivity contribution in [3.05, 3.63) is 76.6 Å². The van der Waals surface area contributed by atoms with E-state index in [9.17, 15) is 0 Å². The van der Waals surface area contributed by atoms with E-state index in [4.69, 9.17) is 42.7 Å². The summed E-state index contributed by atoms with van der Waals surface area (Å²) in [5.41, 5.74) is 5.03. The number of pyridine rings is 1. The number of halogens is 2. The van der Waals surface area contributed by atoms with Crippen LogP contribution in [-0.2, 0) is 6.54 Å². The van der Waals surface area contributed by atoms with Crippen LogP contribution in [0.15, 0.2) is 60.4 Å². The standard InChI is InChI=1S/C26H27Cl2N5O2/c1-6-16(7-2)19-13-29-18-10-11-22(33(26(18)31-19)14-17-9-8-15(3)30-17)32-25-23(27)20(34-4)12-21(35-5)24(25)28/h6-7,10-13,17,30H,1,3,8-9,14H2,2,4-5H3/b16-7+,32-22?. The minimum Gasteiger partial charge on any atom is -0.495 e. The van der Waals surface area contributed by atoms with Gasteiger partial charge in [0.15, 0.2) is 5.65 Å². The Morgan fingerprint density at radius 1 is 1.26 bits per heavy atom. The van der Waals surface area contributed by atoms with Crippen molar-refractivity contribution in [1.82, 2.24) is 19.9 Å². The quantitative estimate of drug-likeness (QED) is 0.403. The Kier molecular flexibility index (Phi) is 7.48. The zero-order valence-corrected chi connectivity index (χ0v) is 21.5. The minimum atomic E-state index is 0.170. The number of nitrogens with zero attached hydrogens (tertiary/aromatic N) is 4. The summed E-state index contributed by atoms with van der Waals surface area (Å²) in [4.78, 5) is 14.4. The molecule has 4 rings (SSSR count). The number of fused-ring (bicyclic) bond motifs is 1. The SMILES string of the molecule is C=C/C(=C\C)c1cnc2ccc(=Nc3c(Cl)c(OC)cc(OC)c3Cl)n(CC3CCC(=C)N3)c2n1. The van der Waals surface area contributed by atoms with Crippen molar-refractivity contribution in [2.75, 3.05) is 14.2 Å². The summed E-state index contributed by atoms with van der Waals surface area (Å²) in [6.45, 7) is 10.5. The molecule has 1 fully saturated rings. The summed E-state index contributed by atoms with van der Waals surface area (Å²) in [5.74, 6) is 0.831. The fourth-order valence-electron chi connectivity index (χ4n) is 4.07. The van der Waals surface area contributed by atoms with E-state index in [2.05, 4.69) is 23.5 Å². The van der Waals surface area contributed by atoms with Gasteiger partial charge < -0.3 is 19.4 Å². The summed E-state index contributed by atoms with van der Waals surface area (Å²) in [6.07, 6.45) is 7.33. The lowest BCUT2D eigenvalue weighted by molar-refractivity contribution is 0.395. The third-order valence-electron chi connectivity index (χ3n) is 5.91. The van der Waals surface area contributed by atoms with E-state index in [1.54, 1.807) is 18.3 Å². The van der Waals surface area contributed by atoms with Crippen LogP contribution < -0.4 is 20.3 Å². The van der Waals surface area contributed by atoms with Gasteiger partial charge in [-0.25, -0.2) is 9.98 Å². The van der Waals surface area contributed by atoms with Crippen LogP contribution in [0.3, 0.4) is 0 Å². The van der Waals surface area contributed by atoms with Crippen LogP contribution in [0.5, 0.6) is 11.5 Å². The molecule has 9 heteroatoms. The van der Waals surface area contributed by atoms with E-state index in [1.807, 2.05) is 29.7 Å². The lowest BCUT2D eigenvalue weighted by atomic mass is 10.2. The first-order valence-electron chi connectivity index (χ1n) is 11.1. The lowest BCUT2D eigenvalue weighted by Crippen LogP contribution is -2.32. The molecule has 0 radical (unpaired) electrons. The second-order valence-electron chi connectivity index (χ2n) is 8.07. The molecular weight excluding hydrogens is 485 g/mol. The van der Waals surface area contributed by atoms with Gasteiger partial charge in [-0.05, 0) is 37.5 Å². The van der Waals surface area contributed by atoms with E-state index in [0.29, 0.717) is 44.9 Å². The Labute approximate surface area is 214 Å². The van der Waals surface area contributed by atoms with Crippen molar-refractivity contribution < 1.29 is 9.47 Å². The van der Waals surface area contributed by atoms with E-state index < -0.39 is 0 Å². The van der Waals surface area contributed by atoms with Crippen molar-refractivity contribution in [2.45, 2.75) is 32.4 Å². The molecule has 1 atom stereocenters. The molecule has 2 aromatic heterocycles. The molecule has 7 nitrogen and oxygen atoms in total. The van der Waals surface area contributed by atoms with Crippen LogP contribution in [0.1, 0.15) is 25.5 Å². The molecule has 1 aromatic carbocycles. The zero-order valence-electron chi connectivity index (χ0n) is 19.9. The molecule has 182 valence electrons. The van der Waals surface area contributed by atoms with E-state index in [-0.39, 0.29) is 6.04 Å². The Hall–Kier alpha value is -3.29. The summed E-state index contributed by atoms with van der Waals surface area (Å²) in [5, 5.41) is 4.04. The van der Waals surface area contributed by atoms with Gasteiger partial charge in [0.25, 0.3) is 0 Å². The van der Waals surface area contributed by atoms with Crippen LogP contribution in [0.2, 0.25) is 10.0 Å². The second kappa shape index (κ2) is 10.5. The number of allylic oxidation sites excluding steroid dienone is 4. The van der Waals surface area contributed by atoms with Gasteiger partial charge in [-0.15, -0.1) is 0 Å². The van der Waals surface area contributed by atoms with Gasteiger partial charge in [0.05, 0.1) is 26.1 Å². The third kappa shape index (κ3) is 4.92. The molecule has 0 spiro atoms. The maximum Gasteiger partial charge on any atom is 0.160 e. The van der Waals surface area contributed by atoms with Gasteiger partial charge in [-0.3, -0.25) is 4.98 Å². The van der Waals surface area contributed by atoms with Crippen LogP contribution in [0, 0.1) is 0 Å². The topological polar surface area (TPSA) is 73.6 Å². The first kappa shape index (κ1) is 24.8. The third-order valence-corrected chi connectivity index (χ3v) is 6.64. The Morgan fingerprint density at radius 3 is 2.54 bits per heavy atom. The summed E-state index contributed by atoms with van der Waals surface area (Å²) < 4.78 is 12.8. The van der Waals surface area contributed by atoms with Gasteiger partial charge in [0.1, 0.15) is 38.2 Å². The summed E-state index contributed by atoms with van der Waals surface area (Å²) >= 11 is 13.2. The molecule has 35 heavy (non-hydrogen) atoms. The van der Waals surface area contributed by atoms with Gasteiger partial charge in [0.2, 0.25) is 0 Å². The van der Waals surface area contributed by atoms with Crippen molar-refractivity contribution in [3.8, 4) is 11.5 Å². The fraction of sp³-hybridized carbons (Fsp3) is 0.269. The minimum absolute atomic E-state index is 0.170. The molecule has 0 amide bonds. The summed E-state index contributed by atoms with van der Waals surface area (Å²) in [7, 11) is 3.06. The molecule has 0 aliphatic carbocycles. The monoisotopic (exact) mass is 511 g/mol. The Bertz CT molecular complexity index is 1380. The first-order chi connectivity index (χ1) is 16.9. The van der Waals surface area contributed by atoms with Crippen molar-refractivity contribution in [1.29, 1.82) is 0 Å². The highest BCUT2D eigenvalue weighted by Gasteiger charge is 2.21. The molecule has 1 unspecified atom stereocenters. The second-order valence-corrected chi connectivity index (χ2v) is 8.82. The van der Waals surface area contributed by atoms with Crippen LogP contribution >= 0.6 is 23.2 Å². The number of methoxy groups -OCH3 is 2. The zero-order chi connectivity index (χ0) is 25.1. The highest BCUT2D eigenvalue weighted by atomic mass is 35.5. The Balaban J connectivity index is 2.00. The maximum absolute atomic E-state index is 6.62. The maximum atomic E-state index is 6.62. The van der Waals surface area contributed by atoms with Crippen molar-refractivity contribution in [2.24, 2.45) is 4.99 Å². The predicted octanol–water partition coefficient (Wildman–Crippen LogP) is 5.84. The largest absolute Gasteiger partial charge is 0.495 e. The van der Waals surface area contributed by atoms with Crippen LogP contribution in [-0.4, -0.2) is 34.8 Å². The molecule has 1 saturated heterocycles. The Morgan fingerprint density at radius 2 is 1.97 bits per heavy atom. The van der Waals surface area contributed by atoms with Crippen LogP contribution in [0.4, 0.5) is 5.69 Å². The van der Waals surface area contributed by atoms with Crippen molar-refractivity contribution in [3.63, 3.8) is 0 Å². The number of aromatic nitrogens is 3. The van der Waals surface area contributed by atoms with Crippen molar-refractivity contribution >= 4 is 45.6 Å². The normalized spacial score (nSPS) is 16.5. The summed E-state index contributed by atoms with van der Waals surface area (Å²) in [6, 6.07) is 5.57. The highest BCUT2D eigenvalue weighted by molar-refractivity contribution is 6.40. The van der Waals surface area contributed by atoms with E-state index >= 15 is 0 Å². The number of rotatable bonds is 7. The number of benzene rings is 1. The van der Waals surface area contributed by atoms with E-state index in [0.717, 1.165) is 35.3 Å². The number of hydrogen-bond donors (Lipinski definition) is 1. The molecule has 1 aliphatic heterocycles. The molecule has 0 bridgehead atoms. The number of hydrogen-bond acceptors (Lipinski definition) is 6. The fourth-order valence-corrected chi connectivity index (χ4v) is 4.65. The highest BCUT2D eigenvalue weighted by Crippen LogP contribution is 2.45. The average molecular weight is 512 g/mol. The first-order valence-corrected chi connectivity index (χ1v) is 11.9. The molecule has 3 aromatic rings. The number of nitrogens with one attached hydrogen (secondary N) is 1. The van der Waals surface area contributed by atoms with Gasteiger partial charge in [-0.1, -0.05) is 48.5 Å². The smallest absolute Gasteiger partial charge is 0.160 e. The molecule has 0 saturated carbocycles. The average Bonchev–Trinajstić information content (AvgIpc) is 3.28. The lowest BCUT2D eigenvalue weighted by Gasteiger charge is -2.17. The molecule has 1 N–H and O–H groups in total. The van der Waals surface area contributed by atoms with Crippen LogP contribution in [0.25, 0.3) is 16.7 Å². The molecular formula is C26H27Cl2N5O2.